The lowest BCUT2D eigenvalue weighted by Crippen LogP contribution is -2.40. The van der Waals surface area contributed by atoms with Crippen LogP contribution in [-0.4, -0.2) is 51.6 Å². The minimum Gasteiger partial charge on any atom is -0.385 e. The van der Waals surface area contributed by atoms with E-state index in [0.717, 1.165) is 37.9 Å². The minimum absolute atomic E-state index is 0.0165. The highest BCUT2D eigenvalue weighted by Gasteiger charge is 2.26. The first-order valence-electron chi connectivity index (χ1n) is 10.3. The SMILES string of the molecule is COCCCn1c(C(=O)N2CCCC(C)C2)cc2c(=O)n3cccc(C)c3nc21. The van der Waals surface area contributed by atoms with Gasteiger partial charge in [0.05, 0.1) is 5.39 Å². The summed E-state index contributed by atoms with van der Waals surface area (Å²) >= 11 is 0. The smallest absolute Gasteiger partial charge is 0.270 e. The molecule has 7 nitrogen and oxygen atoms in total. The molecule has 0 saturated carbocycles. The van der Waals surface area contributed by atoms with Gasteiger partial charge in [-0.05, 0) is 49.8 Å². The second-order valence-electron chi connectivity index (χ2n) is 8.07. The van der Waals surface area contributed by atoms with Gasteiger partial charge in [0.15, 0.2) is 0 Å². The molecule has 1 saturated heterocycles. The molecule has 0 bridgehead atoms. The fourth-order valence-corrected chi connectivity index (χ4v) is 4.27. The number of hydrogen-bond acceptors (Lipinski definition) is 4. The molecule has 0 spiro atoms. The van der Waals surface area contributed by atoms with Crippen LogP contribution < -0.4 is 5.56 Å². The van der Waals surface area contributed by atoms with Gasteiger partial charge in [0.1, 0.15) is 17.0 Å². The van der Waals surface area contributed by atoms with Crippen LogP contribution >= 0.6 is 0 Å². The van der Waals surface area contributed by atoms with Crippen molar-refractivity contribution >= 4 is 22.6 Å². The summed E-state index contributed by atoms with van der Waals surface area (Å²) < 4.78 is 8.67. The largest absolute Gasteiger partial charge is 0.385 e. The maximum atomic E-state index is 13.4. The van der Waals surface area contributed by atoms with Crippen molar-refractivity contribution in [3.8, 4) is 0 Å². The van der Waals surface area contributed by atoms with Crippen molar-refractivity contribution in [2.24, 2.45) is 5.92 Å². The van der Waals surface area contributed by atoms with E-state index in [1.165, 1.54) is 0 Å². The van der Waals surface area contributed by atoms with E-state index in [9.17, 15) is 9.59 Å². The Labute approximate surface area is 169 Å². The van der Waals surface area contributed by atoms with Crippen LogP contribution in [0.4, 0.5) is 0 Å². The number of methoxy groups -OCH3 is 1. The molecular formula is C22H28N4O3. The Bertz CT molecular complexity index is 1110. The maximum Gasteiger partial charge on any atom is 0.270 e. The molecule has 0 radical (unpaired) electrons. The van der Waals surface area contributed by atoms with Crippen LogP contribution in [0.3, 0.4) is 0 Å². The summed E-state index contributed by atoms with van der Waals surface area (Å²) in [4.78, 5) is 33.2. The molecule has 7 heteroatoms. The molecule has 0 N–H and O–H groups in total. The molecule has 29 heavy (non-hydrogen) atoms. The number of amides is 1. The highest BCUT2D eigenvalue weighted by molar-refractivity contribution is 5.98. The predicted octanol–water partition coefficient (Wildman–Crippen LogP) is 2.87. The van der Waals surface area contributed by atoms with Crippen molar-refractivity contribution in [2.45, 2.75) is 39.7 Å². The van der Waals surface area contributed by atoms with Gasteiger partial charge in [0.2, 0.25) is 0 Å². The molecule has 1 unspecified atom stereocenters. The average molecular weight is 396 g/mol. The van der Waals surface area contributed by atoms with Crippen molar-refractivity contribution in [2.75, 3.05) is 26.8 Å². The monoisotopic (exact) mass is 396 g/mol. The van der Waals surface area contributed by atoms with Gasteiger partial charge in [-0.1, -0.05) is 13.0 Å². The predicted molar refractivity (Wildman–Crippen MR) is 112 cm³/mol. The van der Waals surface area contributed by atoms with Gasteiger partial charge >= 0.3 is 0 Å². The highest BCUT2D eigenvalue weighted by Crippen LogP contribution is 2.23. The summed E-state index contributed by atoms with van der Waals surface area (Å²) in [6, 6.07) is 5.51. The highest BCUT2D eigenvalue weighted by atomic mass is 16.5. The first kappa shape index (κ1) is 19.6. The fourth-order valence-electron chi connectivity index (χ4n) is 4.27. The van der Waals surface area contributed by atoms with Crippen LogP contribution in [0.15, 0.2) is 29.2 Å². The molecule has 1 fully saturated rings. The maximum absolute atomic E-state index is 13.4. The van der Waals surface area contributed by atoms with Crippen molar-refractivity contribution in [1.82, 2.24) is 18.9 Å². The van der Waals surface area contributed by atoms with E-state index >= 15 is 0 Å². The van der Waals surface area contributed by atoms with Gasteiger partial charge in [-0.3, -0.25) is 14.0 Å². The van der Waals surface area contributed by atoms with Gasteiger partial charge in [0.25, 0.3) is 11.5 Å². The van der Waals surface area contributed by atoms with E-state index in [1.807, 2.05) is 28.5 Å². The Morgan fingerprint density at radius 3 is 2.93 bits per heavy atom. The lowest BCUT2D eigenvalue weighted by Gasteiger charge is -2.31. The Hall–Kier alpha value is -2.67. The fraction of sp³-hybridized carbons (Fsp3) is 0.500. The average Bonchev–Trinajstić information content (AvgIpc) is 3.07. The van der Waals surface area contributed by atoms with Crippen molar-refractivity contribution < 1.29 is 9.53 Å². The summed E-state index contributed by atoms with van der Waals surface area (Å²) in [5.74, 6) is 0.477. The second-order valence-corrected chi connectivity index (χ2v) is 8.07. The molecule has 0 aromatic carbocycles. The number of aryl methyl sites for hydroxylation is 2. The van der Waals surface area contributed by atoms with E-state index in [0.29, 0.717) is 41.4 Å². The van der Waals surface area contributed by atoms with E-state index < -0.39 is 0 Å². The van der Waals surface area contributed by atoms with E-state index in [1.54, 1.807) is 23.8 Å². The number of rotatable bonds is 5. The normalized spacial score (nSPS) is 17.3. The van der Waals surface area contributed by atoms with Gasteiger partial charge in [-0.15, -0.1) is 0 Å². The number of aromatic nitrogens is 3. The standard InChI is InChI=1S/C22H28N4O3/c1-15-7-4-9-24(14-15)22(28)18-13-17-20(25(18)11-6-12-29-3)23-19-16(2)8-5-10-26(19)21(17)27/h5,8,10,13,15H,4,6-7,9,11-12,14H2,1-3H3. The Balaban J connectivity index is 1.88. The van der Waals surface area contributed by atoms with E-state index in [-0.39, 0.29) is 11.5 Å². The number of ether oxygens (including phenoxy) is 1. The zero-order chi connectivity index (χ0) is 20.5. The van der Waals surface area contributed by atoms with Gasteiger partial charge in [-0.25, -0.2) is 4.98 Å². The number of pyridine rings is 1. The number of fused-ring (bicyclic) bond motifs is 2. The molecule has 1 aliphatic rings. The molecule has 3 aromatic heterocycles. The molecule has 4 rings (SSSR count). The lowest BCUT2D eigenvalue weighted by molar-refractivity contribution is 0.0671. The summed E-state index contributed by atoms with van der Waals surface area (Å²) in [6.07, 6.45) is 4.63. The molecule has 4 heterocycles. The molecule has 1 atom stereocenters. The van der Waals surface area contributed by atoms with Crippen LogP contribution in [0.1, 0.15) is 42.2 Å². The quantitative estimate of drug-likeness (QED) is 0.622. The number of piperidine rings is 1. The molecule has 0 aliphatic carbocycles. The number of hydrogen-bond donors (Lipinski definition) is 0. The summed E-state index contributed by atoms with van der Waals surface area (Å²) in [5.41, 5.74) is 2.54. The van der Waals surface area contributed by atoms with Crippen molar-refractivity contribution in [3.63, 3.8) is 0 Å². The molecule has 3 aromatic rings. The third-order valence-corrected chi connectivity index (χ3v) is 5.79. The number of nitrogens with zero attached hydrogens (tertiary/aromatic N) is 4. The molecular weight excluding hydrogens is 368 g/mol. The third-order valence-electron chi connectivity index (χ3n) is 5.79. The zero-order valence-corrected chi connectivity index (χ0v) is 17.4. The molecule has 1 aliphatic heterocycles. The molecule has 154 valence electrons. The van der Waals surface area contributed by atoms with Crippen LogP contribution in [0.25, 0.3) is 16.7 Å². The Morgan fingerprint density at radius 2 is 2.17 bits per heavy atom. The Morgan fingerprint density at radius 1 is 1.34 bits per heavy atom. The van der Waals surface area contributed by atoms with Crippen molar-refractivity contribution in [3.05, 3.63) is 46.0 Å². The third kappa shape index (κ3) is 3.55. The topological polar surface area (TPSA) is 68.8 Å². The van der Waals surface area contributed by atoms with Crippen LogP contribution in [0.2, 0.25) is 0 Å². The van der Waals surface area contributed by atoms with Crippen LogP contribution in [-0.2, 0) is 11.3 Å². The second kappa shape index (κ2) is 7.99. The first-order valence-corrected chi connectivity index (χ1v) is 10.3. The van der Waals surface area contributed by atoms with Crippen LogP contribution in [0.5, 0.6) is 0 Å². The van der Waals surface area contributed by atoms with Crippen molar-refractivity contribution in [1.29, 1.82) is 0 Å². The number of likely N-dealkylation sites (tertiary alicyclic amines) is 1. The van der Waals surface area contributed by atoms with E-state index in [2.05, 4.69) is 6.92 Å². The summed E-state index contributed by atoms with van der Waals surface area (Å²) in [7, 11) is 1.66. The van der Waals surface area contributed by atoms with Crippen LogP contribution in [0, 0.1) is 12.8 Å². The lowest BCUT2D eigenvalue weighted by atomic mass is 10.00. The zero-order valence-electron chi connectivity index (χ0n) is 17.4. The Kier molecular flexibility index (Phi) is 5.41. The first-order chi connectivity index (χ1) is 14.0. The number of carbonyl (C=O) groups excluding carboxylic acids is 1. The summed E-state index contributed by atoms with van der Waals surface area (Å²) in [6.45, 7) is 6.79. The number of carbonyl (C=O) groups is 1. The summed E-state index contributed by atoms with van der Waals surface area (Å²) in [5, 5.41) is 0.485. The minimum atomic E-state index is -0.139. The molecule has 1 amide bonds. The van der Waals surface area contributed by atoms with Gasteiger partial charge in [0, 0.05) is 39.5 Å². The van der Waals surface area contributed by atoms with Gasteiger partial charge < -0.3 is 14.2 Å². The van der Waals surface area contributed by atoms with E-state index in [4.69, 9.17) is 9.72 Å². The van der Waals surface area contributed by atoms with Gasteiger partial charge in [-0.2, -0.15) is 0 Å².